The van der Waals surface area contributed by atoms with E-state index in [1.165, 1.54) is 18.3 Å². The summed E-state index contributed by atoms with van der Waals surface area (Å²) in [5.41, 5.74) is 6.02. The smallest absolute Gasteiger partial charge is 0.184 e. The average Bonchev–Trinajstić information content (AvgIpc) is 2.03. The molecule has 0 saturated carbocycles. The third kappa shape index (κ3) is 1.16. The number of rotatable bonds is 0. The van der Waals surface area contributed by atoms with Gasteiger partial charge in [0.1, 0.15) is 11.5 Å². The van der Waals surface area contributed by atoms with Crippen LogP contribution < -0.4 is 10.5 Å². The monoisotopic (exact) mass is 166 g/mol. The van der Waals surface area contributed by atoms with E-state index in [4.69, 9.17) is 10.5 Å². The van der Waals surface area contributed by atoms with Gasteiger partial charge in [-0.15, -0.1) is 0 Å². The van der Waals surface area contributed by atoms with Crippen molar-refractivity contribution in [1.82, 2.24) is 0 Å². The molecule has 0 aliphatic carbocycles. The Labute approximate surface area is 68.7 Å². The zero-order valence-corrected chi connectivity index (χ0v) is 6.20. The van der Waals surface area contributed by atoms with Gasteiger partial charge in [0, 0.05) is 6.07 Å². The van der Waals surface area contributed by atoms with Crippen molar-refractivity contribution in [3.05, 3.63) is 24.0 Å². The zero-order chi connectivity index (χ0) is 8.55. The maximum atomic E-state index is 12.6. The van der Waals surface area contributed by atoms with E-state index in [-0.39, 0.29) is 5.82 Å². The van der Waals surface area contributed by atoms with Crippen molar-refractivity contribution in [3.8, 4) is 5.75 Å². The molecule has 1 heterocycles. The molecule has 1 atom stereocenters. The highest BCUT2D eigenvalue weighted by molar-refractivity contribution is 5.72. The largest absolute Gasteiger partial charge is 0.468 e. The van der Waals surface area contributed by atoms with Gasteiger partial charge < -0.3 is 4.74 Å². The fourth-order valence-corrected chi connectivity index (χ4v) is 1.02. The molecule has 4 heteroatoms. The number of benzene rings is 1. The van der Waals surface area contributed by atoms with Gasteiger partial charge in [0.15, 0.2) is 12.0 Å². The molecule has 3 nitrogen and oxygen atoms in total. The molecule has 1 unspecified atom stereocenters. The molecule has 0 fully saturated rings. The Morgan fingerprint density at radius 3 is 3.17 bits per heavy atom. The number of fused-ring (bicyclic) bond motifs is 1. The van der Waals surface area contributed by atoms with Crippen molar-refractivity contribution in [2.45, 2.75) is 6.23 Å². The molecule has 12 heavy (non-hydrogen) atoms. The molecule has 1 aliphatic rings. The molecule has 2 rings (SSSR count). The van der Waals surface area contributed by atoms with Crippen LogP contribution in [-0.4, -0.2) is 12.4 Å². The maximum Gasteiger partial charge on any atom is 0.184 e. The normalized spacial score (nSPS) is 20.0. The van der Waals surface area contributed by atoms with E-state index in [0.717, 1.165) is 0 Å². The molecule has 62 valence electrons. The summed E-state index contributed by atoms with van der Waals surface area (Å²) in [6, 6.07) is 4.15. The summed E-state index contributed by atoms with van der Waals surface area (Å²) in [5.74, 6) is 0.0445. The SMILES string of the molecule is NC1C=Nc2ccc(F)cc2O1. The van der Waals surface area contributed by atoms with E-state index < -0.39 is 6.23 Å². The number of aliphatic imine (C=N–C) groups is 1. The molecule has 0 aromatic heterocycles. The summed E-state index contributed by atoms with van der Waals surface area (Å²) in [6.07, 6.45) is 0.902. The van der Waals surface area contributed by atoms with Crippen molar-refractivity contribution < 1.29 is 9.13 Å². The molecule has 0 amide bonds. The van der Waals surface area contributed by atoms with E-state index >= 15 is 0 Å². The minimum atomic E-state index is -0.570. The van der Waals surface area contributed by atoms with Crippen LogP contribution in [0.5, 0.6) is 5.75 Å². The Bertz CT molecular complexity index is 338. The number of nitrogens with two attached hydrogens (primary N) is 1. The number of nitrogens with zero attached hydrogens (tertiary/aromatic N) is 1. The van der Waals surface area contributed by atoms with Crippen LogP contribution in [0.1, 0.15) is 0 Å². The minimum Gasteiger partial charge on any atom is -0.468 e. The third-order valence-corrected chi connectivity index (χ3v) is 1.55. The van der Waals surface area contributed by atoms with Crippen LogP contribution in [0.15, 0.2) is 23.2 Å². The Balaban J connectivity index is 2.47. The van der Waals surface area contributed by atoms with E-state index in [2.05, 4.69) is 4.99 Å². The van der Waals surface area contributed by atoms with E-state index in [0.29, 0.717) is 11.4 Å². The summed E-state index contributed by atoms with van der Waals surface area (Å²) in [4.78, 5) is 3.97. The highest BCUT2D eigenvalue weighted by atomic mass is 19.1. The lowest BCUT2D eigenvalue weighted by molar-refractivity contribution is 0.275. The van der Waals surface area contributed by atoms with Crippen LogP contribution >= 0.6 is 0 Å². The van der Waals surface area contributed by atoms with Gasteiger partial charge >= 0.3 is 0 Å². The van der Waals surface area contributed by atoms with Crippen molar-refractivity contribution in [2.75, 3.05) is 0 Å². The van der Waals surface area contributed by atoms with Gasteiger partial charge in [-0.1, -0.05) is 0 Å². The van der Waals surface area contributed by atoms with E-state index in [1.54, 1.807) is 6.07 Å². The Morgan fingerprint density at radius 1 is 1.50 bits per heavy atom. The number of hydrogen-bond donors (Lipinski definition) is 1. The highest BCUT2D eigenvalue weighted by Crippen LogP contribution is 2.30. The molecule has 0 spiro atoms. The van der Waals surface area contributed by atoms with Gasteiger partial charge in [-0.2, -0.15) is 0 Å². The Kier molecular flexibility index (Phi) is 1.55. The summed E-state index contributed by atoms with van der Waals surface area (Å²) in [7, 11) is 0. The third-order valence-electron chi connectivity index (χ3n) is 1.55. The quantitative estimate of drug-likeness (QED) is 0.629. The fraction of sp³-hybridized carbons (Fsp3) is 0.125. The van der Waals surface area contributed by atoms with Crippen LogP contribution in [0.3, 0.4) is 0 Å². The first-order valence-electron chi connectivity index (χ1n) is 3.52. The zero-order valence-electron chi connectivity index (χ0n) is 6.20. The predicted octanol–water partition coefficient (Wildman–Crippen LogP) is 1.21. The van der Waals surface area contributed by atoms with Crippen molar-refractivity contribution in [3.63, 3.8) is 0 Å². The van der Waals surface area contributed by atoms with Crippen LogP contribution in [0.25, 0.3) is 0 Å². The Hall–Kier alpha value is -1.42. The first kappa shape index (κ1) is 7.24. The summed E-state index contributed by atoms with van der Waals surface area (Å²) < 4.78 is 17.8. The Morgan fingerprint density at radius 2 is 2.33 bits per heavy atom. The second kappa shape index (κ2) is 2.57. The molecular formula is C8H7FN2O. The second-order valence-corrected chi connectivity index (χ2v) is 2.47. The molecular weight excluding hydrogens is 159 g/mol. The molecule has 1 aliphatic heterocycles. The predicted molar refractivity (Wildman–Crippen MR) is 43.2 cm³/mol. The first-order chi connectivity index (χ1) is 5.75. The number of hydrogen-bond acceptors (Lipinski definition) is 3. The lowest BCUT2D eigenvalue weighted by atomic mass is 10.2. The van der Waals surface area contributed by atoms with Gasteiger partial charge in [0.2, 0.25) is 0 Å². The summed E-state index contributed by atoms with van der Waals surface area (Å²) in [5, 5.41) is 0. The number of ether oxygens (including phenoxy) is 1. The van der Waals surface area contributed by atoms with Crippen molar-refractivity contribution >= 4 is 11.9 Å². The molecule has 0 saturated heterocycles. The van der Waals surface area contributed by atoms with Gasteiger partial charge in [0.25, 0.3) is 0 Å². The fourth-order valence-electron chi connectivity index (χ4n) is 1.02. The number of halogens is 1. The van der Waals surface area contributed by atoms with Gasteiger partial charge in [0.05, 0.1) is 6.21 Å². The van der Waals surface area contributed by atoms with Crippen LogP contribution in [0.2, 0.25) is 0 Å². The van der Waals surface area contributed by atoms with Crippen LogP contribution in [0.4, 0.5) is 10.1 Å². The van der Waals surface area contributed by atoms with Crippen LogP contribution in [0, 0.1) is 5.82 Å². The topological polar surface area (TPSA) is 47.6 Å². The molecule has 1 aromatic rings. The van der Waals surface area contributed by atoms with Gasteiger partial charge in [-0.25, -0.2) is 4.39 Å². The second-order valence-electron chi connectivity index (χ2n) is 2.47. The first-order valence-corrected chi connectivity index (χ1v) is 3.52. The standard InChI is InChI=1S/C8H7FN2O/c9-5-1-2-6-7(3-5)12-8(10)4-11-6/h1-4,8H,10H2. The van der Waals surface area contributed by atoms with Crippen LogP contribution in [-0.2, 0) is 0 Å². The summed E-state index contributed by atoms with van der Waals surface area (Å²) in [6.45, 7) is 0. The lowest BCUT2D eigenvalue weighted by Gasteiger charge is -2.16. The van der Waals surface area contributed by atoms with Gasteiger partial charge in [-0.3, -0.25) is 10.7 Å². The lowest BCUT2D eigenvalue weighted by Crippen LogP contribution is -2.30. The van der Waals surface area contributed by atoms with E-state index in [1.807, 2.05) is 0 Å². The minimum absolute atomic E-state index is 0.349. The van der Waals surface area contributed by atoms with E-state index in [9.17, 15) is 4.39 Å². The molecule has 1 aromatic carbocycles. The van der Waals surface area contributed by atoms with Crippen molar-refractivity contribution in [1.29, 1.82) is 0 Å². The molecule has 0 radical (unpaired) electrons. The maximum absolute atomic E-state index is 12.6. The molecule has 0 bridgehead atoms. The summed E-state index contributed by atoms with van der Waals surface area (Å²) >= 11 is 0. The van der Waals surface area contributed by atoms with Gasteiger partial charge in [-0.05, 0) is 12.1 Å². The molecule has 2 N–H and O–H groups in total. The average molecular weight is 166 g/mol. The highest BCUT2D eigenvalue weighted by Gasteiger charge is 2.12. The van der Waals surface area contributed by atoms with Crippen molar-refractivity contribution in [2.24, 2.45) is 10.7 Å².